The molecule has 32 heavy (non-hydrogen) atoms. The summed E-state index contributed by atoms with van der Waals surface area (Å²) in [6.45, 7) is 5.43. The Labute approximate surface area is 187 Å². The molecule has 1 N–H and O–H groups in total. The van der Waals surface area contributed by atoms with Gasteiger partial charge in [-0.05, 0) is 48.9 Å². The van der Waals surface area contributed by atoms with Gasteiger partial charge >= 0.3 is 0 Å². The third-order valence-corrected chi connectivity index (χ3v) is 4.59. The molecule has 0 amide bonds. The van der Waals surface area contributed by atoms with Gasteiger partial charge in [0.05, 0.1) is 46.9 Å². The van der Waals surface area contributed by atoms with Gasteiger partial charge in [0.1, 0.15) is 0 Å². The number of benzene rings is 1. The molecule has 1 aromatic heterocycles. The topological polar surface area (TPSA) is 91.9 Å². The average molecular weight is 440 g/mol. The number of ether oxygens (including phenoxy) is 5. The lowest BCUT2D eigenvalue weighted by Crippen LogP contribution is -1.96. The molecule has 8 heteroatoms. The van der Waals surface area contributed by atoms with E-state index in [0.717, 1.165) is 5.56 Å². The number of hydrogen-bond acceptors (Lipinski definition) is 7. The molecular weight excluding hydrogens is 412 g/mol. The molecule has 1 heterocycles. The van der Waals surface area contributed by atoms with E-state index in [9.17, 15) is 4.79 Å². The summed E-state index contributed by atoms with van der Waals surface area (Å²) >= 11 is 0. The number of nitrogens with one attached hydrogen (secondary N) is 1. The molecule has 0 saturated carbocycles. The SMILES string of the molecule is C=C(OC)C(=CC=C(C)C(=O)C=Cc1cc(-c2cc(OC)c(OC)c(OC)c2)n[nH]1)OC. The van der Waals surface area contributed by atoms with Crippen molar-refractivity contribution < 1.29 is 28.5 Å². The summed E-state index contributed by atoms with van der Waals surface area (Å²) in [6, 6.07) is 5.42. The van der Waals surface area contributed by atoms with Gasteiger partial charge in [-0.1, -0.05) is 12.7 Å². The highest BCUT2D eigenvalue weighted by Gasteiger charge is 2.15. The second-order valence-corrected chi connectivity index (χ2v) is 6.53. The number of aromatic amines is 1. The summed E-state index contributed by atoms with van der Waals surface area (Å²) in [5.41, 5.74) is 2.61. The molecule has 0 atom stereocenters. The highest BCUT2D eigenvalue weighted by Crippen LogP contribution is 2.40. The Morgan fingerprint density at radius 2 is 1.62 bits per heavy atom. The summed E-state index contributed by atoms with van der Waals surface area (Å²) < 4.78 is 26.3. The maximum Gasteiger partial charge on any atom is 0.203 e. The third-order valence-electron chi connectivity index (χ3n) is 4.59. The highest BCUT2D eigenvalue weighted by atomic mass is 16.5. The van der Waals surface area contributed by atoms with Crippen LogP contribution < -0.4 is 14.2 Å². The molecule has 0 radical (unpaired) electrons. The summed E-state index contributed by atoms with van der Waals surface area (Å²) in [6.07, 6.45) is 6.39. The van der Waals surface area contributed by atoms with Crippen molar-refractivity contribution in [3.63, 3.8) is 0 Å². The number of hydrogen-bond donors (Lipinski definition) is 1. The van der Waals surface area contributed by atoms with Crippen LogP contribution in [0.3, 0.4) is 0 Å². The van der Waals surface area contributed by atoms with Crippen molar-refractivity contribution in [2.24, 2.45) is 0 Å². The molecule has 0 aliphatic heterocycles. The van der Waals surface area contributed by atoms with Crippen molar-refractivity contribution in [2.45, 2.75) is 6.92 Å². The molecule has 0 aliphatic rings. The van der Waals surface area contributed by atoms with E-state index >= 15 is 0 Å². The van der Waals surface area contributed by atoms with E-state index in [-0.39, 0.29) is 5.78 Å². The number of carbonyl (C=O) groups excluding carboxylic acids is 1. The molecule has 0 aliphatic carbocycles. The van der Waals surface area contributed by atoms with E-state index in [1.54, 1.807) is 58.6 Å². The lowest BCUT2D eigenvalue weighted by molar-refractivity contribution is -0.111. The monoisotopic (exact) mass is 440 g/mol. The summed E-state index contributed by atoms with van der Waals surface area (Å²) in [7, 11) is 7.65. The molecule has 0 spiro atoms. The van der Waals surface area contributed by atoms with Crippen LogP contribution >= 0.6 is 0 Å². The van der Waals surface area contributed by atoms with Crippen molar-refractivity contribution in [1.82, 2.24) is 10.2 Å². The second kappa shape index (κ2) is 11.5. The van der Waals surface area contributed by atoms with Crippen molar-refractivity contribution in [1.29, 1.82) is 0 Å². The predicted molar refractivity (Wildman–Crippen MR) is 123 cm³/mol. The number of H-pyrrole nitrogens is 1. The predicted octanol–water partition coefficient (Wildman–Crippen LogP) is 4.32. The van der Waals surface area contributed by atoms with Gasteiger partial charge in [0.2, 0.25) is 5.75 Å². The smallest absolute Gasteiger partial charge is 0.203 e. The van der Waals surface area contributed by atoms with E-state index in [4.69, 9.17) is 23.7 Å². The van der Waals surface area contributed by atoms with Crippen LogP contribution in [0.1, 0.15) is 12.6 Å². The highest BCUT2D eigenvalue weighted by molar-refractivity contribution is 6.06. The zero-order valence-electron chi connectivity index (χ0n) is 19.1. The first-order valence-electron chi connectivity index (χ1n) is 9.62. The van der Waals surface area contributed by atoms with E-state index in [1.807, 2.05) is 6.07 Å². The molecule has 2 aromatic rings. The van der Waals surface area contributed by atoms with Gasteiger partial charge in [-0.3, -0.25) is 9.89 Å². The largest absolute Gasteiger partial charge is 0.494 e. The minimum atomic E-state index is -0.163. The fourth-order valence-corrected chi connectivity index (χ4v) is 2.75. The summed E-state index contributed by atoms with van der Waals surface area (Å²) in [5.74, 6) is 2.20. The van der Waals surface area contributed by atoms with Crippen LogP contribution in [0.4, 0.5) is 0 Å². The Hall–Kier alpha value is -3.94. The number of allylic oxidation sites excluding steroid dienone is 4. The van der Waals surface area contributed by atoms with Crippen LogP contribution in [0.2, 0.25) is 0 Å². The van der Waals surface area contributed by atoms with E-state index in [0.29, 0.717) is 45.7 Å². The first-order chi connectivity index (χ1) is 15.4. The van der Waals surface area contributed by atoms with Gasteiger partial charge in [-0.15, -0.1) is 0 Å². The summed E-state index contributed by atoms with van der Waals surface area (Å²) in [5, 5.41) is 7.21. The van der Waals surface area contributed by atoms with Crippen LogP contribution in [0.5, 0.6) is 17.2 Å². The fourth-order valence-electron chi connectivity index (χ4n) is 2.75. The third kappa shape index (κ3) is 5.81. The van der Waals surface area contributed by atoms with Gasteiger partial charge in [-0.2, -0.15) is 5.10 Å². The van der Waals surface area contributed by atoms with Crippen molar-refractivity contribution in [3.05, 3.63) is 65.8 Å². The molecular formula is C24H28N2O6. The van der Waals surface area contributed by atoms with E-state index < -0.39 is 0 Å². The van der Waals surface area contributed by atoms with Gasteiger partial charge in [0.25, 0.3) is 0 Å². The maximum absolute atomic E-state index is 12.4. The first-order valence-corrected chi connectivity index (χ1v) is 9.62. The van der Waals surface area contributed by atoms with Gasteiger partial charge < -0.3 is 23.7 Å². The lowest BCUT2D eigenvalue weighted by Gasteiger charge is -2.13. The second-order valence-electron chi connectivity index (χ2n) is 6.53. The van der Waals surface area contributed by atoms with Crippen LogP contribution in [-0.4, -0.2) is 51.5 Å². The number of carbonyl (C=O) groups is 1. The minimum Gasteiger partial charge on any atom is -0.494 e. The maximum atomic E-state index is 12.4. The number of ketones is 1. The standard InChI is InChI=1S/C24H28N2O6/c1-15(8-11-21(29-4)16(2)28-3)20(27)10-9-18-14-19(26-25-18)17-12-22(30-5)24(32-7)23(13-17)31-6/h8-14H,2H2,1,3-7H3,(H,25,26). The van der Waals surface area contributed by atoms with E-state index in [1.165, 1.54) is 20.3 Å². The molecule has 0 bridgehead atoms. The Balaban J connectivity index is 2.21. The van der Waals surface area contributed by atoms with Gasteiger partial charge in [0.15, 0.2) is 28.8 Å². The molecule has 0 saturated heterocycles. The summed E-state index contributed by atoms with van der Waals surface area (Å²) in [4.78, 5) is 12.4. The number of nitrogens with zero attached hydrogens (tertiary/aromatic N) is 1. The zero-order chi connectivity index (χ0) is 23.7. The molecule has 2 rings (SSSR count). The Bertz CT molecular complexity index is 1040. The zero-order valence-corrected chi connectivity index (χ0v) is 19.1. The average Bonchev–Trinajstić information content (AvgIpc) is 3.30. The first kappa shape index (κ1) is 24.3. The molecule has 0 fully saturated rings. The van der Waals surface area contributed by atoms with Crippen LogP contribution in [0.15, 0.2) is 60.1 Å². The minimum absolute atomic E-state index is 0.163. The Kier molecular flexibility index (Phi) is 8.71. The van der Waals surface area contributed by atoms with Crippen LogP contribution in [0.25, 0.3) is 17.3 Å². The number of rotatable bonds is 11. The van der Waals surface area contributed by atoms with Crippen LogP contribution in [-0.2, 0) is 14.3 Å². The number of methoxy groups -OCH3 is 5. The van der Waals surface area contributed by atoms with Gasteiger partial charge in [-0.25, -0.2) is 0 Å². The van der Waals surface area contributed by atoms with Crippen molar-refractivity contribution in [3.8, 4) is 28.5 Å². The molecule has 170 valence electrons. The molecule has 1 aromatic carbocycles. The van der Waals surface area contributed by atoms with Gasteiger partial charge in [0, 0.05) is 5.56 Å². The lowest BCUT2D eigenvalue weighted by atomic mass is 10.1. The quantitative estimate of drug-likeness (QED) is 0.316. The Morgan fingerprint density at radius 1 is 0.969 bits per heavy atom. The normalized spacial score (nSPS) is 11.9. The molecule has 0 unspecified atom stereocenters. The number of aromatic nitrogens is 2. The Morgan fingerprint density at radius 3 is 2.16 bits per heavy atom. The van der Waals surface area contributed by atoms with Crippen LogP contribution in [0, 0.1) is 0 Å². The van der Waals surface area contributed by atoms with Crippen molar-refractivity contribution in [2.75, 3.05) is 35.5 Å². The fraction of sp³-hybridized carbons (Fsp3) is 0.250. The van der Waals surface area contributed by atoms with E-state index in [2.05, 4.69) is 16.8 Å². The molecule has 8 nitrogen and oxygen atoms in total. The van der Waals surface area contributed by atoms with Crippen molar-refractivity contribution >= 4 is 11.9 Å².